The van der Waals surface area contributed by atoms with Crippen molar-refractivity contribution in [1.29, 1.82) is 0 Å². The second kappa shape index (κ2) is 8.18. The fourth-order valence-corrected chi connectivity index (χ4v) is 3.83. The summed E-state index contributed by atoms with van der Waals surface area (Å²) in [5, 5.41) is 12.2. The topological polar surface area (TPSA) is 128 Å². The van der Waals surface area contributed by atoms with Crippen molar-refractivity contribution in [3.8, 4) is 5.69 Å². The van der Waals surface area contributed by atoms with E-state index in [2.05, 4.69) is 20.7 Å². The number of hydrogen-bond donors (Lipinski definition) is 3. The van der Waals surface area contributed by atoms with Gasteiger partial charge in [-0.05, 0) is 18.9 Å². The van der Waals surface area contributed by atoms with Crippen molar-refractivity contribution in [3.63, 3.8) is 0 Å². The van der Waals surface area contributed by atoms with Gasteiger partial charge in [-0.1, -0.05) is 0 Å². The molecule has 4 aromatic heterocycles. The normalized spacial score (nSPS) is 14.8. The minimum absolute atomic E-state index is 0.0685. The van der Waals surface area contributed by atoms with Gasteiger partial charge in [0, 0.05) is 62.0 Å². The molecule has 3 N–H and O–H groups in total. The summed E-state index contributed by atoms with van der Waals surface area (Å²) in [7, 11) is 3.52. The summed E-state index contributed by atoms with van der Waals surface area (Å²) in [5.41, 5.74) is 1.38. The zero-order chi connectivity index (χ0) is 26.5. The molecule has 1 saturated carbocycles. The Bertz CT molecular complexity index is 1600. The molecule has 0 unspecified atom stereocenters. The van der Waals surface area contributed by atoms with Gasteiger partial charge in [0.05, 0.1) is 39.7 Å². The van der Waals surface area contributed by atoms with Gasteiger partial charge in [0.25, 0.3) is 11.5 Å². The smallest absolute Gasteiger partial charge is 0.266 e. The molecule has 1 aliphatic carbocycles. The number of carbonyl (C=O) groups excluding carboxylic acids is 2. The molecule has 4 heterocycles. The molecular weight excluding hydrogens is 436 g/mol. The fraction of sp³-hybridized carbons (Fsp3) is 0.261. The largest absolute Gasteiger partial charge is 0.355 e. The van der Waals surface area contributed by atoms with Crippen molar-refractivity contribution in [2.24, 2.45) is 20.0 Å². The van der Waals surface area contributed by atoms with Gasteiger partial charge in [0.2, 0.25) is 5.91 Å². The van der Waals surface area contributed by atoms with E-state index in [9.17, 15) is 14.4 Å². The molecule has 0 aromatic carbocycles. The van der Waals surface area contributed by atoms with Crippen LogP contribution in [0, 0.1) is 5.92 Å². The zero-order valence-electron chi connectivity index (χ0n) is 21.5. The summed E-state index contributed by atoms with van der Waals surface area (Å²) >= 11 is 0. The highest BCUT2D eigenvalue weighted by molar-refractivity contribution is 6.03. The molecule has 0 radical (unpaired) electrons. The SMILES string of the molecule is [2H]C([2H])([2H])NC(=O)c1cnc(NC(=O)C2CC2)cc1Nc1cn(C)c2ccn(-c3cnn(C)c3)c(=O)c12. The van der Waals surface area contributed by atoms with Crippen molar-refractivity contribution in [3.05, 3.63) is 59.0 Å². The predicted molar refractivity (Wildman–Crippen MR) is 128 cm³/mol. The number of aromatic nitrogens is 5. The maximum atomic E-state index is 13.5. The quantitative estimate of drug-likeness (QED) is 0.401. The molecule has 2 amide bonds. The van der Waals surface area contributed by atoms with Crippen molar-refractivity contribution >= 4 is 39.9 Å². The number of rotatable bonds is 6. The Morgan fingerprint density at radius 2 is 2.00 bits per heavy atom. The fourth-order valence-electron chi connectivity index (χ4n) is 3.83. The van der Waals surface area contributed by atoms with Gasteiger partial charge in [0.15, 0.2) is 0 Å². The minimum atomic E-state index is -2.72. The summed E-state index contributed by atoms with van der Waals surface area (Å²) < 4.78 is 27.0. The van der Waals surface area contributed by atoms with Crippen LogP contribution in [0.4, 0.5) is 17.2 Å². The van der Waals surface area contributed by atoms with Crippen LogP contribution in [-0.2, 0) is 18.9 Å². The van der Waals surface area contributed by atoms with E-state index >= 15 is 0 Å². The Hall–Kier alpha value is -4.41. The van der Waals surface area contributed by atoms with E-state index < -0.39 is 12.9 Å². The molecule has 0 atom stereocenters. The Kier molecular flexibility index (Phi) is 4.34. The summed E-state index contributed by atoms with van der Waals surface area (Å²) in [6.07, 6.45) is 9.40. The average Bonchev–Trinajstić information content (AvgIpc) is 3.51. The van der Waals surface area contributed by atoms with Crippen LogP contribution >= 0.6 is 0 Å². The van der Waals surface area contributed by atoms with Crippen molar-refractivity contribution in [1.82, 2.24) is 29.2 Å². The van der Waals surface area contributed by atoms with Crippen LogP contribution in [0.25, 0.3) is 16.6 Å². The van der Waals surface area contributed by atoms with E-state index in [1.165, 1.54) is 16.8 Å². The Morgan fingerprint density at radius 3 is 2.71 bits per heavy atom. The third-order valence-electron chi connectivity index (χ3n) is 5.74. The van der Waals surface area contributed by atoms with Crippen LogP contribution < -0.4 is 21.5 Å². The van der Waals surface area contributed by atoms with Crippen LogP contribution in [0.1, 0.15) is 27.3 Å². The second-order valence-corrected chi connectivity index (χ2v) is 8.23. The third kappa shape index (κ3) is 3.81. The Labute approximate surface area is 198 Å². The molecule has 1 fully saturated rings. The van der Waals surface area contributed by atoms with Gasteiger partial charge in [0.1, 0.15) is 5.82 Å². The number of fused-ring (bicyclic) bond motifs is 1. The summed E-state index contributed by atoms with van der Waals surface area (Å²) in [4.78, 5) is 42.7. The molecule has 0 aliphatic heterocycles. The molecule has 0 spiro atoms. The first-order chi connectivity index (χ1) is 17.5. The van der Waals surface area contributed by atoms with E-state index in [4.69, 9.17) is 4.11 Å². The predicted octanol–water partition coefficient (Wildman–Crippen LogP) is 1.91. The zero-order valence-corrected chi connectivity index (χ0v) is 18.5. The van der Waals surface area contributed by atoms with Crippen LogP contribution in [0.5, 0.6) is 0 Å². The molecule has 4 aromatic rings. The summed E-state index contributed by atoms with van der Waals surface area (Å²) in [6.45, 7) is -2.72. The number of amides is 2. The molecule has 0 saturated heterocycles. The van der Waals surface area contributed by atoms with E-state index in [1.54, 1.807) is 54.2 Å². The minimum Gasteiger partial charge on any atom is -0.355 e. The van der Waals surface area contributed by atoms with Gasteiger partial charge >= 0.3 is 0 Å². The van der Waals surface area contributed by atoms with Crippen molar-refractivity contribution in [2.45, 2.75) is 12.8 Å². The highest BCUT2D eigenvalue weighted by Gasteiger charge is 2.30. The van der Waals surface area contributed by atoms with Crippen LogP contribution in [0.15, 0.2) is 47.9 Å². The highest BCUT2D eigenvalue weighted by atomic mass is 16.2. The van der Waals surface area contributed by atoms with E-state index in [0.717, 1.165) is 12.8 Å². The lowest BCUT2D eigenvalue weighted by Crippen LogP contribution is -2.21. The first kappa shape index (κ1) is 18.1. The molecule has 5 rings (SSSR count). The Balaban J connectivity index is 1.59. The first-order valence-corrected chi connectivity index (χ1v) is 10.6. The van der Waals surface area contributed by atoms with E-state index in [1.807, 2.05) is 5.32 Å². The summed E-state index contributed by atoms with van der Waals surface area (Å²) in [6, 6.07) is 3.22. The van der Waals surface area contributed by atoms with Crippen molar-refractivity contribution in [2.75, 3.05) is 17.6 Å². The van der Waals surface area contributed by atoms with Gasteiger partial charge in [-0.3, -0.25) is 23.6 Å². The number of carbonyl (C=O) groups is 2. The second-order valence-electron chi connectivity index (χ2n) is 8.23. The lowest BCUT2D eigenvalue weighted by Gasteiger charge is -2.13. The molecular formula is C23H24N8O3. The van der Waals surface area contributed by atoms with Crippen molar-refractivity contribution < 1.29 is 13.7 Å². The highest BCUT2D eigenvalue weighted by Crippen LogP contribution is 2.32. The molecule has 11 nitrogen and oxygen atoms in total. The van der Waals surface area contributed by atoms with Crippen LogP contribution in [0.3, 0.4) is 0 Å². The maximum absolute atomic E-state index is 13.5. The molecule has 11 heteroatoms. The molecule has 1 aliphatic rings. The number of pyridine rings is 2. The first-order valence-electron chi connectivity index (χ1n) is 12.1. The number of anilines is 3. The van der Waals surface area contributed by atoms with E-state index in [0.29, 0.717) is 22.3 Å². The van der Waals surface area contributed by atoms with Gasteiger partial charge in [-0.2, -0.15) is 5.10 Å². The number of nitrogens with zero attached hydrogens (tertiary/aromatic N) is 5. The lowest BCUT2D eigenvalue weighted by molar-refractivity contribution is -0.117. The average molecular weight is 464 g/mol. The third-order valence-corrected chi connectivity index (χ3v) is 5.74. The summed E-state index contributed by atoms with van der Waals surface area (Å²) in [5.74, 6) is -0.940. The molecule has 0 bridgehead atoms. The van der Waals surface area contributed by atoms with E-state index in [-0.39, 0.29) is 34.5 Å². The standard InChI is InChI=1S/C23H24N8O3/c1-24-22(33)15-10-25-19(28-21(32)13-4-5-13)8-16(15)27-17-12-29(2)18-6-7-31(23(34)20(17)18)14-9-26-30(3)11-14/h6-13H,4-5H2,1-3H3,(H,24,33)(H2,25,27,28,32)/i1D3. The molecule has 34 heavy (non-hydrogen) atoms. The monoisotopic (exact) mass is 463 g/mol. The number of hydrogen-bond acceptors (Lipinski definition) is 6. The number of aryl methyl sites for hydroxylation is 2. The van der Waals surface area contributed by atoms with Gasteiger partial charge < -0.3 is 20.5 Å². The lowest BCUT2D eigenvalue weighted by atomic mass is 10.2. The Morgan fingerprint density at radius 1 is 1.18 bits per heavy atom. The van der Waals surface area contributed by atoms with Crippen LogP contribution in [0.2, 0.25) is 0 Å². The van der Waals surface area contributed by atoms with Crippen LogP contribution in [-0.4, -0.2) is 42.7 Å². The van der Waals surface area contributed by atoms with Gasteiger partial charge in [-0.15, -0.1) is 0 Å². The maximum Gasteiger partial charge on any atom is 0.266 e. The van der Waals surface area contributed by atoms with Gasteiger partial charge in [-0.25, -0.2) is 4.98 Å². The number of nitrogens with one attached hydrogen (secondary N) is 3. The molecule has 174 valence electrons.